The summed E-state index contributed by atoms with van der Waals surface area (Å²) in [6.07, 6.45) is 0. The van der Waals surface area contributed by atoms with Gasteiger partial charge in [-0.15, -0.1) is 0 Å². The van der Waals surface area contributed by atoms with Crippen LogP contribution in [-0.4, -0.2) is 20.2 Å². The van der Waals surface area contributed by atoms with Gasteiger partial charge in [-0.1, -0.05) is 48.5 Å². The summed E-state index contributed by atoms with van der Waals surface area (Å²) in [5, 5.41) is 38.9. The number of fused-ring (bicyclic) bond motifs is 3. The number of aromatic hydroxyl groups is 2. The molecule has 0 atom stereocenters. The molecular formula is C25H14N4O2. The molecule has 4 aromatic rings. The zero-order chi connectivity index (χ0) is 21.6. The van der Waals surface area contributed by atoms with Crippen LogP contribution in [0.25, 0.3) is 11.3 Å². The summed E-state index contributed by atoms with van der Waals surface area (Å²) in [6.45, 7) is 0. The largest absolute Gasteiger partial charge is 0.508 e. The number of phenolic OH excluding ortho intramolecular Hbond substituents is 2. The van der Waals surface area contributed by atoms with Gasteiger partial charge in [-0.3, -0.25) is 0 Å². The third-order valence-corrected chi connectivity index (χ3v) is 5.65. The normalized spacial score (nSPS) is 13.0. The second kappa shape index (κ2) is 6.69. The van der Waals surface area contributed by atoms with Gasteiger partial charge in [0, 0.05) is 5.56 Å². The fourth-order valence-corrected chi connectivity index (χ4v) is 4.36. The smallest absolute Gasteiger partial charge is 0.177 e. The lowest BCUT2D eigenvalue weighted by Crippen LogP contribution is -2.30. The van der Waals surface area contributed by atoms with Crippen molar-refractivity contribution in [1.82, 2.24) is 9.97 Å². The highest BCUT2D eigenvalue weighted by Gasteiger charge is 2.49. The Bertz CT molecular complexity index is 1370. The number of phenols is 2. The fourth-order valence-electron chi connectivity index (χ4n) is 4.36. The molecule has 0 radical (unpaired) electrons. The SMILES string of the molecule is N#Cc1nc2c(nc1C#N)C(c1ccc(O)cc1)(c1ccc(O)cc1)c1ccccc1-2. The van der Waals surface area contributed by atoms with E-state index in [1.54, 1.807) is 48.5 Å². The second-order valence-electron chi connectivity index (χ2n) is 7.23. The third-order valence-electron chi connectivity index (χ3n) is 5.65. The van der Waals surface area contributed by atoms with Crippen molar-refractivity contribution in [3.8, 4) is 34.9 Å². The van der Waals surface area contributed by atoms with Gasteiger partial charge in [0.2, 0.25) is 0 Å². The highest BCUT2D eigenvalue weighted by Crippen LogP contribution is 2.55. The zero-order valence-electron chi connectivity index (χ0n) is 16.1. The molecule has 0 saturated carbocycles. The van der Waals surface area contributed by atoms with Crippen LogP contribution in [0.2, 0.25) is 0 Å². The lowest BCUT2D eigenvalue weighted by Gasteiger charge is -2.32. The van der Waals surface area contributed by atoms with Crippen LogP contribution >= 0.6 is 0 Å². The highest BCUT2D eigenvalue weighted by atomic mass is 16.3. The number of aromatic nitrogens is 2. The van der Waals surface area contributed by atoms with Crippen molar-refractivity contribution >= 4 is 0 Å². The molecule has 6 heteroatoms. The Morgan fingerprint density at radius 2 is 1.19 bits per heavy atom. The minimum Gasteiger partial charge on any atom is -0.508 e. The van der Waals surface area contributed by atoms with E-state index in [2.05, 4.69) is 9.97 Å². The van der Waals surface area contributed by atoms with E-state index in [0.29, 0.717) is 11.4 Å². The zero-order valence-corrected chi connectivity index (χ0v) is 16.1. The number of hydrogen-bond acceptors (Lipinski definition) is 6. The molecule has 0 unspecified atom stereocenters. The molecule has 3 aromatic carbocycles. The Hall–Kier alpha value is -4.68. The van der Waals surface area contributed by atoms with Crippen LogP contribution in [-0.2, 0) is 5.41 Å². The molecule has 1 aliphatic carbocycles. The van der Waals surface area contributed by atoms with Crippen molar-refractivity contribution in [3.05, 3.63) is 107 Å². The molecule has 6 nitrogen and oxygen atoms in total. The van der Waals surface area contributed by atoms with Gasteiger partial charge < -0.3 is 10.2 Å². The average Bonchev–Trinajstić information content (AvgIpc) is 3.09. The standard InChI is InChI=1S/C25H14N4O2/c26-13-21-22(14-27)29-24-23(28-21)19-3-1-2-4-20(19)25(24,15-5-9-17(30)10-6-15)16-7-11-18(31)12-8-16/h1-12,30-31H. The van der Waals surface area contributed by atoms with E-state index in [1.807, 2.05) is 36.4 Å². The second-order valence-corrected chi connectivity index (χ2v) is 7.23. The quantitative estimate of drug-likeness (QED) is 0.461. The Morgan fingerprint density at radius 1 is 0.677 bits per heavy atom. The topological polar surface area (TPSA) is 114 Å². The van der Waals surface area contributed by atoms with Crippen molar-refractivity contribution in [1.29, 1.82) is 10.5 Å². The van der Waals surface area contributed by atoms with E-state index in [4.69, 9.17) is 0 Å². The van der Waals surface area contributed by atoms with Crippen LogP contribution in [0, 0.1) is 22.7 Å². The van der Waals surface area contributed by atoms with Gasteiger partial charge in [0.25, 0.3) is 0 Å². The van der Waals surface area contributed by atoms with Crippen LogP contribution in [0.5, 0.6) is 11.5 Å². The Morgan fingerprint density at radius 3 is 1.74 bits per heavy atom. The van der Waals surface area contributed by atoms with Crippen molar-refractivity contribution in [2.24, 2.45) is 0 Å². The molecule has 5 rings (SSSR count). The summed E-state index contributed by atoms with van der Waals surface area (Å²) >= 11 is 0. The minimum atomic E-state index is -0.945. The van der Waals surface area contributed by atoms with Crippen LogP contribution in [0.1, 0.15) is 33.8 Å². The molecule has 2 N–H and O–H groups in total. The summed E-state index contributed by atoms with van der Waals surface area (Å²) in [5.41, 5.74) is 3.37. The van der Waals surface area contributed by atoms with Crippen molar-refractivity contribution < 1.29 is 10.2 Å². The first-order chi connectivity index (χ1) is 15.1. The van der Waals surface area contributed by atoms with Crippen molar-refractivity contribution in [2.75, 3.05) is 0 Å². The van der Waals surface area contributed by atoms with Gasteiger partial charge in [-0.25, -0.2) is 9.97 Å². The van der Waals surface area contributed by atoms with E-state index < -0.39 is 5.41 Å². The van der Waals surface area contributed by atoms with Crippen LogP contribution < -0.4 is 0 Å². The average molecular weight is 402 g/mol. The first-order valence-electron chi connectivity index (χ1n) is 9.51. The molecule has 1 aromatic heterocycles. The molecule has 0 spiro atoms. The van der Waals surface area contributed by atoms with Crippen molar-refractivity contribution in [2.45, 2.75) is 5.41 Å². The maximum atomic E-state index is 9.89. The first kappa shape index (κ1) is 18.4. The summed E-state index contributed by atoms with van der Waals surface area (Å²) in [5.74, 6) is 0.250. The van der Waals surface area contributed by atoms with E-state index in [-0.39, 0.29) is 22.9 Å². The van der Waals surface area contributed by atoms with Gasteiger partial charge in [0.1, 0.15) is 23.6 Å². The highest BCUT2D eigenvalue weighted by molar-refractivity contribution is 5.83. The van der Waals surface area contributed by atoms with Crippen LogP contribution in [0.3, 0.4) is 0 Å². The predicted molar refractivity (Wildman–Crippen MR) is 112 cm³/mol. The van der Waals surface area contributed by atoms with Gasteiger partial charge >= 0.3 is 0 Å². The molecule has 31 heavy (non-hydrogen) atoms. The number of benzene rings is 3. The van der Waals surface area contributed by atoms with E-state index in [1.165, 1.54) is 0 Å². The predicted octanol–water partition coefficient (Wildman–Crippen LogP) is 3.99. The Labute approximate surface area is 178 Å². The molecule has 0 bridgehead atoms. The van der Waals surface area contributed by atoms with Crippen LogP contribution in [0.15, 0.2) is 72.8 Å². The number of nitrogens with zero attached hydrogens (tertiary/aromatic N) is 4. The van der Waals surface area contributed by atoms with E-state index >= 15 is 0 Å². The molecule has 0 amide bonds. The number of hydrogen-bond donors (Lipinski definition) is 2. The maximum Gasteiger partial charge on any atom is 0.177 e. The minimum absolute atomic E-state index is 0.0248. The first-order valence-corrected chi connectivity index (χ1v) is 9.51. The monoisotopic (exact) mass is 402 g/mol. The summed E-state index contributed by atoms with van der Waals surface area (Å²) in [4.78, 5) is 9.16. The summed E-state index contributed by atoms with van der Waals surface area (Å²) in [7, 11) is 0. The van der Waals surface area contributed by atoms with Crippen molar-refractivity contribution in [3.63, 3.8) is 0 Å². The molecule has 0 aliphatic heterocycles. The number of nitriles is 2. The summed E-state index contributed by atoms with van der Waals surface area (Å²) < 4.78 is 0. The molecule has 1 aliphatic rings. The summed E-state index contributed by atoms with van der Waals surface area (Å²) in [6, 6.07) is 25.2. The third kappa shape index (κ3) is 2.49. The van der Waals surface area contributed by atoms with E-state index in [0.717, 1.165) is 22.3 Å². The van der Waals surface area contributed by atoms with Crippen LogP contribution in [0.4, 0.5) is 0 Å². The van der Waals surface area contributed by atoms with Gasteiger partial charge in [-0.2, -0.15) is 10.5 Å². The Kier molecular flexibility index (Phi) is 3.96. The van der Waals surface area contributed by atoms with E-state index in [9.17, 15) is 20.7 Å². The maximum absolute atomic E-state index is 9.89. The van der Waals surface area contributed by atoms with Gasteiger partial charge in [-0.05, 0) is 41.0 Å². The molecule has 0 fully saturated rings. The van der Waals surface area contributed by atoms with Gasteiger partial charge in [0.15, 0.2) is 11.4 Å². The fraction of sp³-hybridized carbons (Fsp3) is 0.0400. The molecular weight excluding hydrogens is 388 g/mol. The molecule has 1 heterocycles. The lowest BCUT2D eigenvalue weighted by atomic mass is 9.69. The molecule has 146 valence electrons. The number of rotatable bonds is 2. The lowest BCUT2D eigenvalue weighted by molar-refractivity contribution is 0.474. The Balaban J connectivity index is 1.98. The molecule has 0 saturated heterocycles. The van der Waals surface area contributed by atoms with Gasteiger partial charge in [0.05, 0.1) is 16.8 Å².